The zero-order chi connectivity index (χ0) is 23.4. The molecule has 2 heterocycles. The molecule has 0 spiro atoms. The zero-order valence-electron chi connectivity index (χ0n) is 17.1. The van der Waals surface area contributed by atoms with Gasteiger partial charge < -0.3 is 19.4 Å². The van der Waals surface area contributed by atoms with E-state index in [9.17, 15) is 22.4 Å². The number of nitrogens with one attached hydrogen (secondary N) is 1. The van der Waals surface area contributed by atoms with Crippen molar-refractivity contribution in [1.29, 1.82) is 0 Å². The molecule has 7 nitrogen and oxygen atoms in total. The van der Waals surface area contributed by atoms with E-state index in [4.69, 9.17) is 9.15 Å². The molecule has 0 radical (unpaired) electrons. The zero-order valence-corrected chi connectivity index (χ0v) is 17.9. The predicted molar refractivity (Wildman–Crippen MR) is 114 cm³/mol. The fraction of sp³-hybridized carbons (Fsp3) is 0.286. The standard InChI is InChI=1S/C21H18F4N4O3S/c22-15-4-2-1-3-14(15)19-27-28-20(32-19)33-12-18(30)26-16-6-5-13(21(23,24)25)11-17(16)29-7-9-31-10-8-29/h1-6,11H,7-10,12H2,(H,26,30). The van der Waals surface area contributed by atoms with Crippen LogP contribution in [0.25, 0.3) is 11.5 Å². The van der Waals surface area contributed by atoms with Crippen molar-refractivity contribution in [2.24, 2.45) is 0 Å². The Morgan fingerprint density at radius 3 is 2.61 bits per heavy atom. The van der Waals surface area contributed by atoms with E-state index in [0.717, 1.165) is 23.9 Å². The van der Waals surface area contributed by atoms with Gasteiger partial charge in [0.05, 0.1) is 41.5 Å². The second-order valence-electron chi connectivity index (χ2n) is 7.02. The first-order chi connectivity index (χ1) is 15.8. The molecule has 1 N–H and O–H groups in total. The van der Waals surface area contributed by atoms with Gasteiger partial charge in [-0.15, -0.1) is 10.2 Å². The molecule has 0 unspecified atom stereocenters. The van der Waals surface area contributed by atoms with Crippen molar-refractivity contribution in [3.63, 3.8) is 0 Å². The molecule has 0 saturated carbocycles. The van der Waals surface area contributed by atoms with Crippen LogP contribution >= 0.6 is 11.8 Å². The van der Waals surface area contributed by atoms with Crippen LogP contribution in [0.2, 0.25) is 0 Å². The Kier molecular flexibility index (Phi) is 6.84. The number of carbonyl (C=O) groups excluding carboxylic acids is 1. The first-order valence-electron chi connectivity index (χ1n) is 9.86. The molecule has 12 heteroatoms. The van der Waals surface area contributed by atoms with Crippen LogP contribution in [-0.4, -0.2) is 48.2 Å². The SMILES string of the molecule is O=C(CSc1nnc(-c2ccccc2F)o1)Nc1ccc(C(F)(F)F)cc1N1CCOCC1. The summed E-state index contributed by atoms with van der Waals surface area (Å²) in [5.41, 5.74) is -0.136. The summed E-state index contributed by atoms with van der Waals surface area (Å²) in [5, 5.41) is 10.3. The van der Waals surface area contributed by atoms with Crippen molar-refractivity contribution >= 4 is 29.0 Å². The number of amides is 1. The Hall–Kier alpha value is -3.12. The topological polar surface area (TPSA) is 80.5 Å². The number of carbonyl (C=O) groups is 1. The predicted octanol–water partition coefficient (Wildman–Crippen LogP) is 4.46. The van der Waals surface area contributed by atoms with Crippen LogP contribution in [0.4, 0.5) is 28.9 Å². The lowest BCUT2D eigenvalue weighted by atomic mass is 10.1. The summed E-state index contributed by atoms with van der Waals surface area (Å²) in [5.74, 6) is -1.15. The number of ether oxygens (including phenoxy) is 1. The Balaban J connectivity index is 1.44. The number of alkyl halides is 3. The van der Waals surface area contributed by atoms with E-state index in [-0.39, 0.29) is 33.8 Å². The number of nitrogens with zero attached hydrogens (tertiary/aromatic N) is 3. The summed E-state index contributed by atoms with van der Waals surface area (Å²) >= 11 is 0.930. The minimum absolute atomic E-state index is 0.0200. The molecular weight excluding hydrogens is 464 g/mol. The molecule has 4 rings (SSSR count). The van der Waals surface area contributed by atoms with E-state index in [0.29, 0.717) is 26.3 Å². The van der Waals surface area contributed by atoms with Gasteiger partial charge in [-0.3, -0.25) is 4.79 Å². The van der Waals surface area contributed by atoms with Gasteiger partial charge in [0.15, 0.2) is 0 Å². The van der Waals surface area contributed by atoms with Gasteiger partial charge in [0, 0.05) is 13.1 Å². The first-order valence-corrected chi connectivity index (χ1v) is 10.8. The van der Waals surface area contributed by atoms with Crippen LogP contribution < -0.4 is 10.2 Å². The van der Waals surface area contributed by atoms with Crippen LogP contribution in [0.5, 0.6) is 0 Å². The molecular formula is C21H18F4N4O3S. The second kappa shape index (κ2) is 9.79. The number of aromatic nitrogens is 2. The van der Waals surface area contributed by atoms with Crippen molar-refractivity contribution < 1.29 is 31.5 Å². The number of anilines is 2. The molecule has 1 amide bonds. The highest BCUT2D eigenvalue weighted by atomic mass is 32.2. The number of halogens is 4. The Morgan fingerprint density at radius 2 is 1.88 bits per heavy atom. The average molecular weight is 482 g/mol. The fourth-order valence-electron chi connectivity index (χ4n) is 3.20. The highest BCUT2D eigenvalue weighted by molar-refractivity contribution is 7.99. The van der Waals surface area contributed by atoms with E-state index in [1.54, 1.807) is 11.0 Å². The van der Waals surface area contributed by atoms with Crippen LogP contribution in [0, 0.1) is 5.82 Å². The van der Waals surface area contributed by atoms with Gasteiger partial charge in [0.1, 0.15) is 5.82 Å². The van der Waals surface area contributed by atoms with E-state index in [2.05, 4.69) is 15.5 Å². The fourth-order valence-corrected chi connectivity index (χ4v) is 3.77. The number of thioether (sulfide) groups is 1. The van der Waals surface area contributed by atoms with Gasteiger partial charge in [-0.25, -0.2) is 4.39 Å². The number of benzene rings is 2. The van der Waals surface area contributed by atoms with Crippen molar-refractivity contribution in [3.8, 4) is 11.5 Å². The maximum Gasteiger partial charge on any atom is 0.416 e. The maximum atomic E-state index is 13.9. The van der Waals surface area contributed by atoms with Crippen molar-refractivity contribution in [2.45, 2.75) is 11.4 Å². The molecule has 0 bridgehead atoms. The molecule has 174 valence electrons. The van der Waals surface area contributed by atoms with Gasteiger partial charge in [-0.2, -0.15) is 13.2 Å². The number of morpholine rings is 1. The van der Waals surface area contributed by atoms with Gasteiger partial charge in [0.25, 0.3) is 11.1 Å². The van der Waals surface area contributed by atoms with E-state index >= 15 is 0 Å². The Bertz CT molecular complexity index is 1130. The largest absolute Gasteiger partial charge is 0.416 e. The van der Waals surface area contributed by atoms with Crippen LogP contribution in [0.1, 0.15) is 5.56 Å². The molecule has 3 aromatic rings. The molecule has 1 fully saturated rings. The number of hydrogen-bond donors (Lipinski definition) is 1. The summed E-state index contributed by atoms with van der Waals surface area (Å²) in [4.78, 5) is 14.2. The van der Waals surface area contributed by atoms with Crippen molar-refractivity contribution in [3.05, 3.63) is 53.8 Å². The normalized spacial score (nSPS) is 14.4. The molecule has 1 aliphatic rings. The lowest BCUT2D eigenvalue weighted by molar-refractivity contribution is -0.137. The highest BCUT2D eigenvalue weighted by Gasteiger charge is 2.32. The third kappa shape index (κ3) is 5.63. The molecule has 1 aromatic heterocycles. The quantitative estimate of drug-likeness (QED) is 0.410. The summed E-state index contributed by atoms with van der Waals surface area (Å²) in [7, 11) is 0. The summed E-state index contributed by atoms with van der Waals surface area (Å²) in [6.07, 6.45) is -4.51. The Morgan fingerprint density at radius 1 is 1.12 bits per heavy atom. The monoisotopic (exact) mass is 482 g/mol. The average Bonchev–Trinajstić information content (AvgIpc) is 3.27. The Labute approximate surface area is 190 Å². The number of rotatable bonds is 6. The summed E-state index contributed by atoms with van der Waals surface area (Å²) < 4.78 is 64.1. The molecule has 2 aromatic carbocycles. The highest BCUT2D eigenvalue weighted by Crippen LogP contribution is 2.36. The second-order valence-corrected chi connectivity index (χ2v) is 7.95. The van der Waals surface area contributed by atoms with E-state index < -0.39 is 23.5 Å². The smallest absolute Gasteiger partial charge is 0.411 e. The van der Waals surface area contributed by atoms with Gasteiger partial charge in [0.2, 0.25) is 5.91 Å². The van der Waals surface area contributed by atoms with Gasteiger partial charge >= 0.3 is 6.18 Å². The van der Waals surface area contributed by atoms with Gasteiger partial charge in [-0.05, 0) is 30.3 Å². The van der Waals surface area contributed by atoms with E-state index in [1.807, 2.05) is 0 Å². The summed E-state index contributed by atoms with van der Waals surface area (Å²) in [6, 6.07) is 9.08. The molecule has 0 aliphatic carbocycles. The summed E-state index contributed by atoms with van der Waals surface area (Å²) in [6.45, 7) is 1.56. The minimum Gasteiger partial charge on any atom is -0.411 e. The van der Waals surface area contributed by atoms with Crippen molar-refractivity contribution in [1.82, 2.24) is 10.2 Å². The molecule has 0 atom stereocenters. The van der Waals surface area contributed by atoms with E-state index in [1.165, 1.54) is 24.3 Å². The minimum atomic E-state index is -4.51. The molecule has 1 saturated heterocycles. The van der Waals surface area contributed by atoms with Gasteiger partial charge in [-0.1, -0.05) is 23.9 Å². The maximum absolute atomic E-state index is 13.9. The number of hydrogen-bond acceptors (Lipinski definition) is 7. The lowest BCUT2D eigenvalue weighted by Gasteiger charge is -2.31. The third-order valence-electron chi connectivity index (χ3n) is 4.79. The molecule has 1 aliphatic heterocycles. The van der Waals surface area contributed by atoms with Crippen LogP contribution in [0.15, 0.2) is 52.1 Å². The van der Waals surface area contributed by atoms with Crippen LogP contribution in [-0.2, 0) is 15.7 Å². The lowest BCUT2D eigenvalue weighted by Crippen LogP contribution is -2.37. The first kappa shape index (κ1) is 23.1. The van der Waals surface area contributed by atoms with Crippen molar-refractivity contribution in [2.75, 3.05) is 42.3 Å². The third-order valence-corrected chi connectivity index (χ3v) is 5.61. The molecule has 33 heavy (non-hydrogen) atoms. The van der Waals surface area contributed by atoms with Crippen LogP contribution in [0.3, 0.4) is 0 Å².